The summed E-state index contributed by atoms with van der Waals surface area (Å²) in [4.78, 5) is 35.7. The standard InChI is InChI=1S/C17H27NO4/c1-3-4-5-6-7-8-9-10-13-22-17(21)14(2)18-15(19)11-12-16(18)20/h11-12,14H,3-10,13H2,1-2H3. The van der Waals surface area contributed by atoms with Crippen LogP contribution in [0.15, 0.2) is 12.2 Å². The second kappa shape index (κ2) is 10.1. The smallest absolute Gasteiger partial charge is 0.329 e. The van der Waals surface area contributed by atoms with Crippen LogP contribution in [0, 0.1) is 0 Å². The number of hydrogen-bond donors (Lipinski definition) is 0. The maximum Gasteiger partial charge on any atom is 0.329 e. The van der Waals surface area contributed by atoms with Gasteiger partial charge in [0.05, 0.1) is 6.61 Å². The molecule has 0 N–H and O–H groups in total. The van der Waals surface area contributed by atoms with Crippen LogP contribution in [0.3, 0.4) is 0 Å². The molecule has 5 heteroatoms. The molecular weight excluding hydrogens is 282 g/mol. The Morgan fingerprint density at radius 2 is 1.50 bits per heavy atom. The van der Waals surface area contributed by atoms with Gasteiger partial charge in [-0.25, -0.2) is 4.79 Å². The van der Waals surface area contributed by atoms with Crippen molar-refractivity contribution in [2.45, 2.75) is 71.3 Å². The number of nitrogens with zero attached hydrogens (tertiary/aromatic N) is 1. The highest BCUT2D eigenvalue weighted by atomic mass is 16.5. The van der Waals surface area contributed by atoms with Crippen molar-refractivity contribution >= 4 is 17.8 Å². The molecule has 1 atom stereocenters. The van der Waals surface area contributed by atoms with Crippen LogP contribution in [0.4, 0.5) is 0 Å². The normalized spacial score (nSPS) is 15.5. The van der Waals surface area contributed by atoms with Gasteiger partial charge >= 0.3 is 5.97 Å². The van der Waals surface area contributed by atoms with E-state index in [1.165, 1.54) is 51.2 Å². The molecule has 124 valence electrons. The average molecular weight is 309 g/mol. The van der Waals surface area contributed by atoms with Crippen LogP contribution in [0.2, 0.25) is 0 Å². The molecule has 0 saturated heterocycles. The number of amides is 2. The zero-order valence-electron chi connectivity index (χ0n) is 13.7. The summed E-state index contributed by atoms with van der Waals surface area (Å²) in [7, 11) is 0. The molecule has 0 aromatic rings. The largest absolute Gasteiger partial charge is 0.464 e. The third-order valence-corrected chi connectivity index (χ3v) is 3.81. The summed E-state index contributed by atoms with van der Waals surface area (Å²) in [5, 5.41) is 0. The third-order valence-electron chi connectivity index (χ3n) is 3.81. The highest BCUT2D eigenvalue weighted by Gasteiger charge is 2.33. The molecule has 0 bridgehead atoms. The maximum atomic E-state index is 11.8. The van der Waals surface area contributed by atoms with E-state index >= 15 is 0 Å². The average Bonchev–Trinajstić information content (AvgIpc) is 2.83. The maximum absolute atomic E-state index is 11.8. The van der Waals surface area contributed by atoms with E-state index in [0.29, 0.717) is 6.61 Å². The fourth-order valence-corrected chi connectivity index (χ4v) is 2.43. The van der Waals surface area contributed by atoms with Crippen molar-refractivity contribution in [2.75, 3.05) is 6.61 Å². The second-order valence-electron chi connectivity index (χ2n) is 5.70. The van der Waals surface area contributed by atoms with Crippen LogP contribution >= 0.6 is 0 Å². The molecule has 0 aliphatic carbocycles. The van der Waals surface area contributed by atoms with Gasteiger partial charge in [0.1, 0.15) is 6.04 Å². The molecular formula is C17H27NO4. The van der Waals surface area contributed by atoms with Crippen molar-refractivity contribution in [2.24, 2.45) is 0 Å². The lowest BCUT2D eigenvalue weighted by molar-refractivity contribution is -0.156. The first kappa shape index (κ1) is 18.4. The van der Waals surface area contributed by atoms with E-state index in [1.54, 1.807) is 0 Å². The SMILES string of the molecule is CCCCCCCCCCOC(=O)C(C)N1C(=O)C=CC1=O. The Bertz CT molecular complexity index is 399. The fraction of sp³-hybridized carbons (Fsp3) is 0.706. The Balaban J connectivity index is 2.08. The zero-order valence-corrected chi connectivity index (χ0v) is 13.7. The molecule has 0 fully saturated rings. The number of carbonyl (C=O) groups excluding carboxylic acids is 3. The summed E-state index contributed by atoms with van der Waals surface area (Å²) in [6, 6.07) is -0.857. The zero-order chi connectivity index (χ0) is 16.4. The van der Waals surface area contributed by atoms with E-state index < -0.39 is 23.8 Å². The van der Waals surface area contributed by atoms with Gasteiger partial charge in [-0.05, 0) is 13.3 Å². The first-order valence-corrected chi connectivity index (χ1v) is 8.29. The lowest BCUT2D eigenvalue weighted by atomic mass is 10.1. The number of unbranched alkanes of at least 4 members (excludes halogenated alkanes) is 7. The van der Waals surface area contributed by atoms with E-state index in [0.717, 1.165) is 24.2 Å². The quantitative estimate of drug-likeness (QED) is 0.334. The van der Waals surface area contributed by atoms with Gasteiger partial charge in [-0.2, -0.15) is 0 Å². The number of rotatable bonds is 11. The minimum absolute atomic E-state index is 0.349. The summed E-state index contributed by atoms with van der Waals surface area (Å²) < 4.78 is 5.15. The number of esters is 1. The minimum Gasteiger partial charge on any atom is -0.464 e. The highest BCUT2D eigenvalue weighted by molar-refractivity contribution is 6.14. The predicted octanol–water partition coefficient (Wildman–Crippen LogP) is 2.98. The van der Waals surface area contributed by atoms with Crippen molar-refractivity contribution in [1.82, 2.24) is 4.90 Å². The van der Waals surface area contributed by atoms with Crippen LogP contribution in [0.5, 0.6) is 0 Å². The van der Waals surface area contributed by atoms with Crippen molar-refractivity contribution in [1.29, 1.82) is 0 Å². The molecule has 1 heterocycles. The van der Waals surface area contributed by atoms with E-state index in [-0.39, 0.29) is 0 Å². The summed E-state index contributed by atoms with van der Waals surface area (Å²) in [6.45, 7) is 4.06. The Hall–Kier alpha value is -1.65. The molecule has 22 heavy (non-hydrogen) atoms. The number of imide groups is 1. The second-order valence-corrected chi connectivity index (χ2v) is 5.70. The first-order valence-electron chi connectivity index (χ1n) is 8.29. The van der Waals surface area contributed by atoms with Crippen LogP contribution in [-0.2, 0) is 19.1 Å². The van der Waals surface area contributed by atoms with E-state index in [1.807, 2.05) is 0 Å². The number of ether oxygens (including phenoxy) is 1. The van der Waals surface area contributed by atoms with Gasteiger partial charge in [0, 0.05) is 12.2 Å². The van der Waals surface area contributed by atoms with Crippen molar-refractivity contribution in [3.8, 4) is 0 Å². The van der Waals surface area contributed by atoms with E-state index in [4.69, 9.17) is 4.74 Å². The summed E-state index contributed by atoms with van der Waals surface area (Å²) in [5.74, 6) is -1.43. The molecule has 1 rings (SSSR count). The van der Waals surface area contributed by atoms with Crippen LogP contribution < -0.4 is 0 Å². The molecule has 0 aromatic heterocycles. The lowest BCUT2D eigenvalue weighted by Gasteiger charge is -2.20. The van der Waals surface area contributed by atoms with E-state index in [2.05, 4.69) is 6.92 Å². The molecule has 1 unspecified atom stereocenters. The molecule has 0 saturated carbocycles. The molecule has 0 radical (unpaired) electrons. The molecule has 2 amide bonds. The van der Waals surface area contributed by atoms with Crippen molar-refractivity contribution < 1.29 is 19.1 Å². The Kier molecular flexibility index (Phi) is 8.48. The van der Waals surface area contributed by atoms with Gasteiger partial charge in [-0.3, -0.25) is 14.5 Å². The topological polar surface area (TPSA) is 63.7 Å². The van der Waals surface area contributed by atoms with Gasteiger partial charge in [0.25, 0.3) is 11.8 Å². The van der Waals surface area contributed by atoms with Gasteiger partial charge in [-0.1, -0.05) is 51.9 Å². The van der Waals surface area contributed by atoms with Gasteiger partial charge in [0.2, 0.25) is 0 Å². The predicted molar refractivity (Wildman–Crippen MR) is 84.0 cm³/mol. The number of hydrogen-bond acceptors (Lipinski definition) is 4. The summed E-state index contributed by atoms with van der Waals surface area (Å²) in [6.07, 6.45) is 11.7. The third kappa shape index (κ3) is 6.00. The van der Waals surface area contributed by atoms with Gasteiger partial charge < -0.3 is 4.74 Å². The van der Waals surface area contributed by atoms with Crippen LogP contribution in [0.1, 0.15) is 65.2 Å². The monoisotopic (exact) mass is 309 g/mol. The lowest BCUT2D eigenvalue weighted by Crippen LogP contribution is -2.43. The van der Waals surface area contributed by atoms with Crippen LogP contribution in [-0.4, -0.2) is 35.3 Å². The summed E-state index contributed by atoms with van der Waals surface area (Å²) in [5.41, 5.74) is 0. The number of carbonyl (C=O) groups is 3. The summed E-state index contributed by atoms with van der Waals surface area (Å²) >= 11 is 0. The van der Waals surface area contributed by atoms with E-state index in [9.17, 15) is 14.4 Å². The Labute approximate surface area is 132 Å². The molecule has 1 aliphatic heterocycles. The molecule has 1 aliphatic rings. The van der Waals surface area contributed by atoms with Gasteiger partial charge in [0.15, 0.2) is 0 Å². The Morgan fingerprint density at radius 3 is 2.05 bits per heavy atom. The highest BCUT2D eigenvalue weighted by Crippen LogP contribution is 2.11. The van der Waals surface area contributed by atoms with Gasteiger partial charge in [-0.15, -0.1) is 0 Å². The minimum atomic E-state index is -0.857. The van der Waals surface area contributed by atoms with Crippen LogP contribution in [0.25, 0.3) is 0 Å². The fourth-order valence-electron chi connectivity index (χ4n) is 2.43. The molecule has 5 nitrogen and oxygen atoms in total. The Morgan fingerprint density at radius 1 is 1.00 bits per heavy atom. The first-order chi connectivity index (χ1) is 10.6. The van der Waals surface area contributed by atoms with Crippen molar-refractivity contribution in [3.05, 3.63) is 12.2 Å². The van der Waals surface area contributed by atoms with Crippen molar-refractivity contribution in [3.63, 3.8) is 0 Å². The molecule has 0 spiro atoms. The molecule has 0 aromatic carbocycles.